The smallest absolute Gasteiger partial charge is 0.0127 e. The molecule has 0 amide bonds. The van der Waals surface area contributed by atoms with Crippen molar-refractivity contribution in [2.75, 3.05) is 13.1 Å². The van der Waals surface area contributed by atoms with Gasteiger partial charge >= 0.3 is 0 Å². The zero-order valence-electron chi connectivity index (χ0n) is 12.5. The molecule has 0 saturated heterocycles. The Labute approximate surface area is 123 Å². The summed E-state index contributed by atoms with van der Waals surface area (Å²) in [4.78, 5) is 0. The van der Waals surface area contributed by atoms with Gasteiger partial charge in [-0.15, -0.1) is 0 Å². The van der Waals surface area contributed by atoms with Crippen LogP contribution in [0, 0.1) is 5.92 Å². The first-order chi connectivity index (χ1) is 9.83. The average molecular weight is 267 g/mol. The minimum Gasteiger partial charge on any atom is -0.316 e. The van der Waals surface area contributed by atoms with E-state index in [4.69, 9.17) is 0 Å². The van der Waals surface area contributed by atoms with Crippen molar-refractivity contribution >= 4 is 0 Å². The summed E-state index contributed by atoms with van der Waals surface area (Å²) in [6.07, 6.45) is 1.19. The Balaban J connectivity index is 2.21. The monoisotopic (exact) mass is 267 g/mol. The first-order valence-electron chi connectivity index (χ1n) is 7.63. The molecule has 0 bridgehead atoms. The summed E-state index contributed by atoms with van der Waals surface area (Å²) in [6.45, 7) is 6.71. The van der Waals surface area contributed by atoms with Crippen molar-refractivity contribution in [1.29, 1.82) is 0 Å². The van der Waals surface area contributed by atoms with E-state index >= 15 is 0 Å². The zero-order chi connectivity index (χ0) is 14.2. The highest BCUT2D eigenvalue weighted by atomic mass is 14.8. The lowest BCUT2D eigenvalue weighted by Gasteiger charge is -2.25. The van der Waals surface area contributed by atoms with Gasteiger partial charge in [0.2, 0.25) is 0 Å². The topological polar surface area (TPSA) is 12.0 Å². The number of hydrogen-bond donors (Lipinski definition) is 1. The molecule has 0 fully saturated rings. The third kappa shape index (κ3) is 3.94. The molecule has 1 nitrogen and oxygen atoms in total. The molecule has 2 rings (SSSR count). The van der Waals surface area contributed by atoms with Crippen LogP contribution in [-0.4, -0.2) is 13.1 Å². The molecule has 0 aliphatic carbocycles. The average Bonchev–Trinajstić information content (AvgIpc) is 2.50. The van der Waals surface area contributed by atoms with Crippen LogP contribution in [0.4, 0.5) is 0 Å². The highest BCUT2D eigenvalue weighted by Gasteiger charge is 2.20. The SMILES string of the molecule is CCCNCC(C)C(c1ccccc1)c1ccccc1. The Bertz CT molecular complexity index is 438. The number of nitrogens with one attached hydrogen (secondary N) is 1. The van der Waals surface area contributed by atoms with E-state index in [0.717, 1.165) is 13.1 Å². The van der Waals surface area contributed by atoms with Crippen LogP contribution in [0.15, 0.2) is 60.7 Å². The van der Waals surface area contributed by atoms with E-state index in [-0.39, 0.29) is 0 Å². The van der Waals surface area contributed by atoms with Crippen LogP contribution in [0.3, 0.4) is 0 Å². The highest BCUT2D eigenvalue weighted by molar-refractivity contribution is 5.33. The molecule has 2 aromatic rings. The van der Waals surface area contributed by atoms with Crippen molar-refractivity contribution in [2.45, 2.75) is 26.2 Å². The second kappa shape index (κ2) is 7.86. The van der Waals surface area contributed by atoms with Crippen molar-refractivity contribution in [1.82, 2.24) is 5.32 Å². The molecule has 0 saturated carbocycles. The van der Waals surface area contributed by atoms with Crippen LogP contribution in [0.2, 0.25) is 0 Å². The molecule has 20 heavy (non-hydrogen) atoms. The molecule has 1 atom stereocenters. The van der Waals surface area contributed by atoms with Crippen LogP contribution in [0.25, 0.3) is 0 Å². The van der Waals surface area contributed by atoms with Crippen molar-refractivity contribution < 1.29 is 0 Å². The molecule has 2 aromatic carbocycles. The predicted octanol–water partition coefficient (Wildman–Crippen LogP) is 4.45. The van der Waals surface area contributed by atoms with E-state index in [0.29, 0.717) is 11.8 Å². The molecule has 106 valence electrons. The van der Waals surface area contributed by atoms with Gasteiger partial charge in [0.25, 0.3) is 0 Å². The standard InChI is InChI=1S/C19H25N/c1-3-14-20-15-16(2)19(17-10-6-4-7-11-17)18-12-8-5-9-13-18/h4-13,16,19-20H,3,14-15H2,1-2H3. The molecule has 1 heteroatoms. The Morgan fingerprint density at radius 2 is 1.35 bits per heavy atom. The second-order valence-electron chi connectivity index (χ2n) is 5.48. The van der Waals surface area contributed by atoms with Crippen LogP contribution >= 0.6 is 0 Å². The third-order valence-corrected chi connectivity index (χ3v) is 3.78. The first kappa shape index (κ1) is 14.8. The van der Waals surface area contributed by atoms with Gasteiger partial charge in [0.05, 0.1) is 0 Å². The van der Waals surface area contributed by atoms with Gasteiger partial charge in [-0.3, -0.25) is 0 Å². The van der Waals surface area contributed by atoms with E-state index < -0.39 is 0 Å². The maximum atomic E-state index is 3.55. The Kier molecular flexibility index (Phi) is 5.82. The van der Waals surface area contributed by atoms with Gasteiger partial charge in [0.1, 0.15) is 0 Å². The lowest BCUT2D eigenvalue weighted by atomic mass is 9.81. The summed E-state index contributed by atoms with van der Waals surface area (Å²) in [5, 5.41) is 3.55. The van der Waals surface area contributed by atoms with Crippen molar-refractivity contribution in [3.8, 4) is 0 Å². The van der Waals surface area contributed by atoms with Gasteiger partial charge in [-0.25, -0.2) is 0 Å². The van der Waals surface area contributed by atoms with E-state index in [1.165, 1.54) is 17.5 Å². The fraction of sp³-hybridized carbons (Fsp3) is 0.368. The summed E-state index contributed by atoms with van der Waals surface area (Å²) >= 11 is 0. The van der Waals surface area contributed by atoms with E-state index in [1.807, 2.05) is 0 Å². The molecular formula is C19H25N. The van der Waals surface area contributed by atoms with Crippen molar-refractivity contribution in [3.63, 3.8) is 0 Å². The largest absolute Gasteiger partial charge is 0.316 e. The maximum absolute atomic E-state index is 3.55. The molecule has 0 radical (unpaired) electrons. The van der Waals surface area contributed by atoms with Gasteiger partial charge in [-0.05, 0) is 36.6 Å². The molecule has 0 aliphatic heterocycles. The summed E-state index contributed by atoms with van der Waals surface area (Å²) in [6, 6.07) is 21.7. The van der Waals surface area contributed by atoms with Crippen molar-refractivity contribution in [2.24, 2.45) is 5.92 Å². The maximum Gasteiger partial charge on any atom is 0.0127 e. The Morgan fingerprint density at radius 1 is 0.850 bits per heavy atom. The normalized spacial score (nSPS) is 12.6. The molecule has 0 heterocycles. The lowest BCUT2D eigenvalue weighted by molar-refractivity contribution is 0.466. The summed E-state index contributed by atoms with van der Waals surface area (Å²) in [5.41, 5.74) is 2.81. The van der Waals surface area contributed by atoms with Gasteiger partial charge in [0.15, 0.2) is 0 Å². The molecular weight excluding hydrogens is 242 g/mol. The Morgan fingerprint density at radius 3 is 1.80 bits per heavy atom. The fourth-order valence-electron chi connectivity index (χ4n) is 2.79. The fourth-order valence-corrected chi connectivity index (χ4v) is 2.79. The number of rotatable bonds is 7. The van der Waals surface area contributed by atoms with Gasteiger partial charge < -0.3 is 5.32 Å². The summed E-state index contributed by atoms with van der Waals surface area (Å²) in [5.74, 6) is 1.04. The molecule has 1 unspecified atom stereocenters. The Hall–Kier alpha value is -1.60. The summed E-state index contributed by atoms with van der Waals surface area (Å²) < 4.78 is 0. The predicted molar refractivity (Wildman–Crippen MR) is 87.1 cm³/mol. The second-order valence-corrected chi connectivity index (χ2v) is 5.48. The van der Waals surface area contributed by atoms with E-state index in [9.17, 15) is 0 Å². The lowest BCUT2D eigenvalue weighted by Crippen LogP contribution is -2.26. The van der Waals surface area contributed by atoms with Gasteiger partial charge in [0, 0.05) is 5.92 Å². The summed E-state index contributed by atoms with van der Waals surface area (Å²) in [7, 11) is 0. The minimum atomic E-state index is 0.460. The number of benzene rings is 2. The minimum absolute atomic E-state index is 0.460. The van der Waals surface area contributed by atoms with Crippen LogP contribution in [0.1, 0.15) is 37.3 Å². The quantitative estimate of drug-likeness (QED) is 0.731. The van der Waals surface area contributed by atoms with Crippen LogP contribution < -0.4 is 5.32 Å². The van der Waals surface area contributed by atoms with Crippen LogP contribution in [0.5, 0.6) is 0 Å². The van der Waals surface area contributed by atoms with Crippen LogP contribution in [-0.2, 0) is 0 Å². The van der Waals surface area contributed by atoms with Gasteiger partial charge in [-0.1, -0.05) is 74.5 Å². The zero-order valence-corrected chi connectivity index (χ0v) is 12.5. The number of hydrogen-bond acceptors (Lipinski definition) is 1. The van der Waals surface area contributed by atoms with E-state index in [2.05, 4.69) is 79.8 Å². The highest BCUT2D eigenvalue weighted by Crippen LogP contribution is 2.31. The first-order valence-corrected chi connectivity index (χ1v) is 7.63. The molecule has 1 N–H and O–H groups in total. The third-order valence-electron chi connectivity index (χ3n) is 3.78. The van der Waals surface area contributed by atoms with Gasteiger partial charge in [-0.2, -0.15) is 0 Å². The molecule has 0 aliphatic rings. The van der Waals surface area contributed by atoms with E-state index in [1.54, 1.807) is 0 Å². The molecule has 0 aromatic heterocycles. The van der Waals surface area contributed by atoms with Crippen molar-refractivity contribution in [3.05, 3.63) is 71.8 Å². The molecule has 0 spiro atoms.